The van der Waals surface area contributed by atoms with Gasteiger partial charge in [0.25, 0.3) is 0 Å². The maximum atomic E-state index is 11.2. The van der Waals surface area contributed by atoms with Gasteiger partial charge in [-0.05, 0) is 25.1 Å². The van der Waals surface area contributed by atoms with E-state index in [9.17, 15) is 9.90 Å². The number of aromatic nitrogens is 1. The van der Waals surface area contributed by atoms with Gasteiger partial charge in [-0.1, -0.05) is 41.0 Å². The Morgan fingerprint density at radius 1 is 1.24 bits per heavy atom. The van der Waals surface area contributed by atoms with E-state index in [2.05, 4.69) is 5.16 Å². The van der Waals surface area contributed by atoms with E-state index in [1.165, 1.54) is 0 Å². The first-order chi connectivity index (χ1) is 10.1. The van der Waals surface area contributed by atoms with Crippen molar-refractivity contribution in [2.24, 2.45) is 0 Å². The predicted octanol–water partition coefficient (Wildman–Crippen LogP) is 4.34. The van der Waals surface area contributed by atoms with Gasteiger partial charge in [-0.2, -0.15) is 0 Å². The van der Waals surface area contributed by atoms with Crippen LogP contribution in [-0.4, -0.2) is 16.2 Å². The van der Waals surface area contributed by atoms with Crippen molar-refractivity contribution in [1.82, 2.24) is 5.16 Å². The molecule has 3 rings (SSSR count). The lowest BCUT2D eigenvalue weighted by atomic mass is 9.98. The monoisotopic (exact) mass is 301 g/mol. The fourth-order valence-corrected chi connectivity index (χ4v) is 2.40. The molecular weight excluding hydrogens is 290 g/mol. The van der Waals surface area contributed by atoms with E-state index in [0.29, 0.717) is 21.9 Å². The molecule has 21 heavy (non-hydrogen) atoms. The highest BCUT2D eigenvalue weighted by atomic mass is 35.5. The quantitative estimate of drug-likeness (QED) is 0.781. The van der Waals surface area contributed by atoms with Gasteiger partial charge in [0.15, 0.2) is 5.58 Å². The molecule has 0 saturated carbocycles. The summed E-state index contributed by atoms with van der Waals surface area (Å²) < 4.78 is 5.39. The highest BCUT2D eigenvalue weighted by Crippen LogP contribution is 2.33. The van der Waals surface area contributed by atoms with E-state index >= 15 is 0 Å². The Morgan fingerprint density at radius 3 is 2.62 bits per heavy atom. The molecular formula is C16H12ClNO3. The zero-order chi connectivity index (χ0) is 15.0. The maximum absolute atomic E-state index is 11.2. The molecule has 106 valence electrons. The highest BCUT2D eigenvalue weighted by molar-refractivity contribution is 6.30. The van der Waals surface area contributed by atoms with E-state index in [4.69, 9.17) is 16.1 Å². The number of halogens is 1. The number of fused-ring (bicyclic) bond motifs is 1. The molecule has 0 bridgehead atoms. The maximum Gasteiger partial charge on any atom is 0.310 e. The van der Waals surface area contributed by atoms with Crippen molar-refractivity contribution in [3.63, 3.8) is 0 Å². The van der Waals surface area contributed by atoms with Crippen LogP contribution in [0.15, 0.2) is 47.0 Å². The first kappa shape index (κ1) is 13.6. The molecule has 1 heterocycles. The molecule has 1 N–H and O–H groups in total. The fraction of sp³-hybridized carbons (Fsp3) is 0.125. The van der Waals surface area contributed by atoms with Gasteiger partial charge in [-0.15, -0.1) is 0 Å². The van der Waals surface area contributed by atoms with Gasteiger partial charge in [0, 0.05) is 16.1 Å². The van der Waals surface area contributed by atoms with E-state index < -0.39 is 11.9 Å². The number of para-hydroxylation sites is 1. The van der Waals surface area contributed by atoms with Gasteiger partial charge in [0.05, 0.1) is 11.3 Å². The second-order valence-electron chi connectivity index (χ2n) is 4.82. The second-order valence-corrected chi connectivity index (χ2v) is 5.26. The third-order valence-corrected chi connectivity index (χ3v) is 3.74. The van der Waals surface area contributed by atoms with Crippen molar-refractivity contribution in [3.05, 3.63) is 53.1 Å². The Labute approximate surface area is 125 Å². The zero-order valence-corrected chi connectivity index (χ0v) is 12.0. The molecule has 0 amide bonds. The lowest BCUT2D eigenvalue weighted by molar-refractivity contribution is -0.138. The summed E-state index contributed by atoms with van der Waals surface area (Å²) in [4.78, 5) is 11.2. The van der Waals surface area contributed by atoms with Crippen LogP contribution in [-0.2, 0) is 4.79 Å². The highest BCUT2D eigenvalue weighted by Gasteiger charge is 2.21. The summed E-state index contributed by atoms with van der Waals surface area (Å²) in [6.07, 6.45) is 0. The number of rotatable bonds is 3. The molecule has 1 aromatic heterocycles. The van der Waals surface area contributed by atoms with Crippen molar-refractivity contribution >= 4 is 28.5 Å². The first-order valence-electron chi connectivity index (χ1n) is 6.45. The van der Waals surface area contributed by atoms with Crippen LogP contribution in [0.1, 0.15) is 18.4 Å². The number of carbonyl (C=O) groups is 1. The van der Waals surface area contributed by atoms with E-state index in [-0.39, 0.29) is 0 Å². The number of hydrogen-bond acceptors (Lipinski definition) is 3. The lowest BCUT2D eigenvalue weighted by Gasteiger charge is -2.06. The molecule has 1 atom stereocenters. The standard InChI is InChI=1S/C16H12ClNO3/c1-9(16(19)20)12-3-2-4-13-14(18-21-15(12)13)10-5-7-11(17)8-6-10/h2-9H,1H3,(H,19,20). The molecule has 0 aliphatic carbocycles. The molecule has 0 aliphatic rings. The van der Waals surface area contributed by atoms with Crippen LogP contribution in [0.4, 0.5) is 0 Å². The number of aliphatic carboxylic acids is 1. The summed E-state index contributed by atoms with van der Waals surface area (Å²) in [5.41, 5.74) is 2.68. The molecule has 0 fully saturated rings. The predicted molar refractivity (Wildman–Crippen MR) is 80.5 cm³/mol. The minimum atomic E-state index is -0.896. The Balaban J connectivity index is 2.17. The minimum absolute atomic E-state index is 0.511. The molecule has 2 aromatic carbocycles. The average Bonchev–Trinajstić information content (AvgIpc) is 2.91. The normalized spacial score (nSPS) is 12.5. The SMILES string of the molecule is CC(C(=O)O)c1cccc2c(-c3ccc(Cl)cc3)noc12. The summed E-state index contributed by atoms with van der Waals surface area (Å²) in [5.74, 6) is -1.55. The molecule has 0 saturated heterocycles. The number of hydrogen-bond donors (Lipinski definition) is 1. The third kappa shape index (κ3) is 2.38. The van der Waals surface area contributed by atoms with Crippen molar-refractivity contribution in [2.45, 2.75) is 12.8 Å². The Morgan fingerprint density at radius 2 is 1.95 bits per heavy atom. The van der Waals surface area contributed by atoms with Gasteiger partial charge < -0.3 is 9.63 Å². The Bertz CT molecular complexity index is 808. The number of carboxylic acids is 1. The van der Waals surface area contributed by atoms with E-state index in [1.807, 2.05) is 24.3 Å². The smallest absolute Gasteiger partial charge is 0.310 e. The number of benzene rings is 2. The Hall–Kier alpha value is -2.33. The number of nitrogens with zero attached hydrogens (tertiary/aromatic N) is 1. The van der Waals surface area contributed by atoms with Crippen LogP contribution in [0, 0.1) is 0 Å². The van der Waals surface area contributed by atoms with Crippen molar-refractivity contribution < 1.29 is 14.4 Å². The van der Waals surface area contributed by atoms with Gasteiger partial charge in [-0.3, -0.25) is 4.79 Å². The molecule has 4 nitrogen and oxygen atoms in total. The first-order valence-corrected chi connectivity index (χ1v) is 6.83. The molecule has 0 aliphatic heterocycles. The summed E-state index contributed by atoms with van der Waals surface area (Å²) in [5, 5.41) is 14.7. The summed E-state index contributed by atoms with van der Waals surface area (Å²) in [6.45, 7) is 1.63. The molecule has 1 unspecified atom stereocenters. The van der Waals surface area contributed by atoms with E-state index in [0.717, 1.165) is 10.9 Å². The fourth-order valence-electron chi connectivity index (χ4n) is 2.27. The van der Waals surface area contributed by atoms with Crippen molar-refractivity contribution in [1.29, 1.82) is 0 Å². The Kier molecular flexibility index (Phi) is 3.39. The topological polar surface area (TPSA) is 63.3 Å². The minimum Gasteiger partial charge on any atom is -0.481 e. The second kappa shape index (κ2) is 5.22. The van der Waals surface area contributed by atoms with Crippen LogP contribution in [0.2, 0.25) is 5.02 Å². The summed E-state index contributed by atoms with van der Waals surface area (Å²) in [6, 6.07) is 12.7. The van der Waals surface area contributed by atoms with Crippen molar-refractivity contribution in [3.8, 4) is 11.3 Å². The summed E-state index contributed by atoms with van der Waals surface area (Å²) in [7, 11) is 0. The van der Waals surface area contributed by atoms with Crippen LogP contribution in [0.3, 0.4) is 0 Å². The molecule has 0 radical (unpaired) electrons. The van der Waals surface area contributed by atoms with E-state index in [1.54, 1.807) is 25.1 Å². The van der Waals surface area contributed by atoms with Crippen LogP contribution < -0.4 is 0 Å². The van der Waals surface area contributed by atoms with Crippen LogP contribution >= 0.6 is 11.6 Å². The third-order valence-electron chi connectivity index (χ3n) is 3.48. The van der Waals surface area contributed by atoms with Crippen LogP contribution in [0.25, 0.3) is 22.2 Å². The molecule has 0 spiro atoms. The van der Waals surface area contributed by atoms with Gasteiger partial charge >= 0.3 is 5.97 Å². The lowest BCUT2D eigenvalue weighted by Crippen LogP contribution is -2.07. The average molecular weight is 302 g/mol. The van der Waals surface area contributed by atoms with Crippen LogP contribution in [0.5, 0.6) is 0 Å². The molecule has 3 aromatic rings. The van der Waals surface area contributed by atoms with Gasteiger partial charge in [0.2, 0.25) is 0 Å². The summed E-state index contributed by atoms with van der Waals surface area (Å²) >= 11 is 5.88. The van der Waals surface area contributed by atoms with Gasteiger partial charge in [0.1, 0.15) is 5.69 Å². The largest absolute Gasteiger partial charge is 0.481 e. The van der Waals surface area contributed by atoms with Crippen molar-refractivity contribution in [2.75, 3.05) is 0 Å². The zero-order valence-electron chi connectivity index (χ0n) is 11.2. The molecule has 5 heteroatoms. The number of carboxylic acid groups (broad SMARTS) is 1. The van der Waals surface area contributed by atoms with Gasteiger partial charge in [-0.25, -0.2) is 0 Å².